The monoisotopic (exact) mass is 341 g/mol. The van der Waals surface area contributed by atoms with Gasteiger partial charge in [-0.3, -0.25) is 10.1 Å². The van der Waals surface area contributed by atoms with Crippen molar-refractivity contribution in [2.75, 3.05) is 5.32 Å². The van der Waals surface area contributed by atoms with Crippen molar-refractivity contribution in [2.24, 2.45) is 11.8 Å². The van der Waals surface area contributed by atoms with Crippen molar-refractivity contribution >= 4 is 11.7 Å². The number of carbonyl (C=O) groups is 1. The molecule has 1 aromatic heterocycles. The molecule has 1 aliphatic rings. The predicted molar refractivity (Wildman–Crippen MR) is 98.2 cm³/mol. The third-order valence-electron chi connectivity index (χ3n) is 5.36. The lowest BCUT2D eigenvalue weighted by Crippen LogP contribution is -2.45. The molecule has 0 spiro atoms. The molecular weight excluding hydrogens is 314 g/mol. The molecule has 0 bridgehead atoms. The average molecular weight is 341 g/mol. The van der Waals surface area contributed by atoms with Crippen LogP contribution < -0.4 is 10.6 Å². The van der Waals surface area contributed by atoms with Crippen molar-refractivity contribution in [3.63, 3.8) is 0 Å². The fourth-order valence-electron chi connectivity index (χ4n) is 3.62. The molecule has 0 saturated heterocycles. The SMILES string of the molecule is Cc1cc(NC(=O)C(NC2CCCC(C)C2C)c2ccccc2)no1. The Morgan fingerprint density at radius 1 is 1.24 bits per heavy atom. The van der Waals surface area contributed by atoms with E-state index in [4.69, 9.17) is 4.52 Å². The lowest BCUT2D eigenvalue weighted by Gasteiger charge is -2.37. The maximum absolute atomic E-state index is 12.9. The molecular formula is C20H27N3O2. The molecule has 5 heteroatoms. The summed E-state index contributed by atoms with van der Waals surface area (Å²) in [6, 6.07) is 11.5. The van der Waals surface area contributed by atoms with Gasteiger partial charge in [-0.25, -0.2) is 0 Å². The quantitative estimate of drug-likeness (QED) is 0.860. The maximum Gasteiger partial charge on any atom is 0.247 e. The first-order valence-corrected chi connectivity index (χ1v) is 9.10. The van der Waals surface area contributed by atoms with Gasteiger partial charge < -0.3 is 9.84 Å². The average Bonchev–Trinajstić information content (AvgIpc) is 3.01. The van der Waals surface area contributed by atoms with E-state index in [0.717, 1.165) is 12.0 Å². The number of anilines is 1. The molecule has 2 N–H and O–H groups in total. The van der Waals surface area contributed by atoms with Crippen molar-refractivity contribution in [1.29, 1.82) is 0 Å². The predicted octanol–water partition coefficient (Wildman–Crippen LogP) is 4.08. The zero-order chi connectivity index (χ0) is 17.8. The maximum atomic E-state index is 12.9. The van der Waals surface area contributed by atoms with Crippen molar-refractivity contribution in [2.45, 2.75) is 52.1 Å². The van der Waals surface area contributed by atoms with E-state index in [9.17, 15) is 4.79 Å². The summed E-state index contributed by atoms with van der Waals surface area (Å²) in [4.78, 5) is 12.9. The normalized spacial score (nSPS) is 24.7. The fraction of sp³-hybridized carbons (Fsp3) is 0.500. The number of carbonyl (C=O) groups excluding carboxylic acids is 1. The minimum absolute atomic E-state index is 0.107. The number of nitrogens with zero attached hydrogens (tertiary/aromatic N) is 1. The number of hydrogen-bond acceptors (Lipinski definition) is 4. The van der Waals surface area contributed by atoms with Crippen molar-refractivity contribution in [3.8, 4) is 0 Å². The highest BCUT2D eigenvalue weighted by Gasteiger charge is 2.31. The summed E-state index contributed by atoms with van der Waals surface area (Å²) in [5.41, 5.74) is 0.964. The molecule has 4 atom stereocenters. The number of aryl methyl sites for hydroxylation is 1. The van der Waals surface area contributed by atoms with E-state index in [-0.39, 0.29) is 5.91 Å². The highest BCUT2D eigenvalue weighted by Crippen LogP contribution is 2.31. The number of rotatable bonds is 5. The number of aromatic nitrogens is 1. The number of nitrogens with one attached hydrogen (secondary N) is 2. The van der Waals surface area contributed by atoms with Crippen LogP contribution >= 0.6 is 0 Å². The minimum atomic E-state index is -0.407. The van der Waals surface area contributed by atoms with Crippen LogP contribution in [0.5, 0.6) is 0 Å². The van der Waals surface area contributed by atoms with Gasteiger partial charge in [-0.15, -0.1) is 0 Å². The Morgan fingerprint density at radius 2 is 2.00 bits per heavy atom. The first-order chi connectivity index (χ1) is 12.0. The van der Waals surface area contributed by atoms with Gasteiger partial charge in [0.25, 0.3) is 0 Å². The molecule has 1 saturated carbocycles. The largest absolute Gasteiger partial charge is 0.360 e. The van der Waals surface area contributed by atoms with Gasteiger partial charge in [-0.2, -0.15) is 0 Å². The van der Waals surface area contributed by atoms with Crippen molar-refractivity contribution in [3.05, 3.63) is 47.7 Å². The van der Waals surface area contributed by atoms with Crippen molar-refractivity contribution < 1.29 is 9.32 Å². The van der Waals surface area contributed by atoms with E-state index in [1.807, 2.05) is 30.3 Å². The Bertz CT molecular complexity index is 698. The Kier molecular flexibility index (Phi) is 5.53. The summed E-state index contributed by atoms with van der Waals surface area (Å²) in [5.74, 6) is 2.24. The number of hydrogen-bond donors (Lipinski definition) is 2. The second-order valence-corrected chi connectivity index (χ2v) is 7.20. The van der Waals surface area contributed by atoms with Crippen LogP contribution in [0, 0.1) is 18.8 Å². The molecule has 5 nitrogen and oxygen atoms in total. The van der Waals surface area contributed by atoms with Crippen LogP contribution in [0.25, 0.3) is 0 Å². The minimum Gasteiger partial charge on any atom is -0.360 e. The van der Waals surface area contributed by atoms with Gasteiger partial charge in [0.1, 0.15) is 11.8 Å². The molecule has 3 rings (SSSR count). The zero-order valence-electron chi connectivity index (χ0n) is 15.2. The summed E-state index contributed by atoms with van der Waals surface area (Å²) in [6.07, 6.45) is 3.57. The standard InChI is InChI=1S/C20H27N3O2/c1-13-8-7-11-17(15(13)3)21-19(16-9-5-4-6-10-16)20(24)22-18-12-14(2)25-23-18/h4-6,9-10,12-13,15,17,19,21H,7-8,11H2,1-3H3,(H,22,23,24). The number of benzene rings is 1. The molecule has 1 fully saturated rings. The smallest absolute Gasteiger partial charge is 0.247 e. The van der Waals surface area contributed by atoms with E-state index in [1.165, 1.54) is 12.8 Å². The fourth-order valence-corrected chi connectivity index (χ4v) is 3.62. The van der Waals surface area contributed by atoms with Gasteiger partial charge in [0.15, 0.2) is 5.82 Å². The van der Waals surface area contributed by atoms with Crippen LogP contribution in [0.2, 0.25) is 0 Å². The summed E-state index contributed by atoms with van der Waals surface area (Å²) < 4.78 is 5.05. The second-order valence-electron chi connectivity index (χ2n) is 7.20. The first-order valence-electron chi connectivity index (χ1n) is 9.10. The first kappa shape index (κ1) is 17.7. The number of amides is 1. The van der Waals surface area contributed by atoms with Crippen LogP contribution in [-0.2, 0) is 4.79 Å². The highest BCUT2D eigenvalue weighted by molar-refractivity contribution is 5.94. The zero-order valence-corrected chi connectivity index (χ0v) is 15.2. The third kappa shape index (κ3) is 4.28. The molecule has 1 aromatic carbocycles. The Labute approximate surface area is 149 Å². The molecule has 25 heavy (non-hydrogen) atoms. The van der Waals surface area contributed by atoms with Crippen LogP contribution in [0.4, 0.5) is 5.82 Å². The molecule has 0 radical (unpaired) electrons. The van der Waals surface area contributed by atoms with E-state index in [1.54, 1.807) is 13.0 Å². The Morgan fingerprint density at radius 3 is 2.68 bits per heavy atom. The highest BCUT2D eigenvalue weighted by atomic mass is 16.5. The molecule has 4 unspecified atom stereocenters. The van der Waals surface area contributed by atoms with Gasteiger partial charge >= 0.3 is 0 Å². The lowest BCUT2D eigenvalue weighted by atomic mass is 9.77. The van der Waals surface area contributed by atoms with Gasteiger partial charge in [-0.1, -0.05) is 62.2 Å². The summed E-state index contributed by atoms with van der Waals surface area (Å²) in [5, 5.41) is 10.4. The Hall–Kier alpha value is -2.14. The molecule has 2 aromatic rings. The van der Waals surface area contributed by atoms with E-state index in [2.05, 4.69) is 29.6 Å². The van der Waals surface area contributed by atoms with Crippen LogP contribution in [0.3, 0.4) is 0 Å². The van der Waals surface area contributed by atoms with Gasteiger partial charge in [-0.05, 0) is 30.7 Å². The van der Waals surface area contributed by atoms with E-state index < -0.39 is 6.04 Å². The lowest BCUT2D eigenvalue weighted by molar-refractivity contribution is -0.118. The summed E-state index contributed by atoms with van der Waals surface area (Å²) in [7, 11) is 0. The topological polar surface area (TPSA) is 67.2 Å². The van der Waals surface area contributed by atoms with Crippen LogP contribution in [0.1, 0.15) is 50.5 Å². The summed E-state index contributed by atoms with van der Waals surface area (Å²) >= 11 is 0. The van der Waals surface area contributed by atoms with Gasteiger partial charge in [0.2, 0.25) is 5.91 Å². The molecule has 1 heterocycles. The third-order valence-corrected chi connectivity index (χ3v) is 5.36. The van der Waals surface area contributed by atoms with E-state index in [0.29, 0.717) is 29.5 Å². The molecule has 134 valence electrons. The van der Waals surface area contributed by atoms with E-state index >= 15 is 0 Å². The van der Waals surface area contributed by atoms with Crippen molar-refractivity contribution in [1.82, 2.24) is 10.5 Å². The molecule has 0 aliphatic heterocycles. The summed E-state index contributed by atoms with van der Waals surface area (Å²) in [6.45, 7) is 6.39. The second kappa shape index (κ2) is 7.83. The van der Waals surface area contributed by atoms with Gasteiger partial charge in [0.05, 0.1) is 0 Å². The molecule has 1 amide bonds. The Balaban J connectivity index is 1.78. The molecule has 1 aliphatic carbocycles. The van der Waals surface area contributed by atoms with Gasteiger partial charge in [0, 0.05) is 12.1 Å². The van der Waals surface area contributed by atoms with Crippen LogP contribution in [-0.4, -0.2) is 17.1 Å². The van der Waals surface area contributed by atoms with Crippen LogP contribution in [0.15, 0.2) is 40.9 Å².